The topological polar surface area (TPSA) is 99.0 Å². The summed E-state index contributed by atoms with van der Waals surface area (Å²) in [7, 11) is 1.66. The minimum absolute atomic E-state index is 0.00660. The largest absolute Gasteiger partial charge is 0.452 e. The van der Waals surface area contributed by atoms with Crippen LogP contribution in [0.4, 0.5) is 24.7 Å². The van der Waals surface area contributed by atoms with Gasteiger partial charge < -0.3 is 15.1 Å². The van der Waals surface area contributed by atoms with Gasteiger partial charge in [0.05, 0.1) is 21.9 Å². The van der Waals surface area contributed by atoms with Crippen LogP contribution in [0.1, 0.15) is 40.4 Å². The van der Waals surface area contributed by atoms with E-state index in [1.807, 2.05) is 6.07 Å². The summed E-state index contributed by atoms with van der Waals surface area (Å²) >= 11 is 6.40. The van der Waals surface area contributed by atoms with E-state index in [2.05, 4.69) is 47.6 Å². The van der Waals surface area contributed by atoms with E-state index >= 15 is 0 Å². The molecule has 0 bridgehead atoms. The van der Waals surface area contributed by atoms with Crippen LogP contribution in [-0.2, 0) is 7.05 Å². The van der Waals surface area contributed by atoms with Crippen LogP contribution in [0, 0.1) is 6.92 Å². The lowest BCUT2D eigenvalue weighted by Gasteiger charge is -2.32. The first-order valence-corrected chi connectivity index (χ1v) is 12.6. The third kappa shape index (κ3) is 4.41. The van der Waals surface area contributed by atoms with Crippen molar-refractivity contribution in [1.82, 2.24) is 19.1 Å². The molecule has 194 valence electrons. The first kappa shape index (κ1) is 25.4. The Hall–Kier alpha value is -3.26. The van der Waals surface area contributed by atoms with Gasteiger partial charge in [-0.05, 0) is 63.0 Å². The van der Waals surface area contributed by atoms with E-state index in [1.165, 1.54) is 4.68 Å². The molecular weight excluding hydrogens is 625 g/mol. The van der Waals surface area contributed by atoms with Crippen LogP contribution in [0.25, 0.3) is 5.69 Å². The predicted octanol–water partition coefficient (Wildman–Crippen LogP) is 5.71. The van der Waals surface area contributed by atoms with Crippen molar-refractivity contribution in [2.75, 3.05) is 10.6 Å². The minimum Gasteiger partial charge on any atom is -0.452 e. The molecule has 0 saturated carbocycles. The number of para-hydroxylation sites is 1. The SMILES string of the molecule is Cc1c(NC(=O)c2nn3c(c2Br)N[C@H](c2ccc(Br)o2)C[C@H]3C(F)(F)F)c(=O)n(-c2ccccc2)n1C. The number of rotatable bonds is 4. The Morgan fingerprint density at radius 2 is 1.89 bits per heavy atom. The number of carbonyl (C=O) groups is 1. The molecule has 4 aromatic rings. The summed E-state index contributed by atoms with van der Waals surface area (Å²) in [6.07, 6.45) is -5.04. The number of furan rings is 1. The van der Waals surface area contributed by atoms with Gasteiger partial charge in [0.15, 0.2) is 16.4 Å². The van der Waals surface area contributed by atoms with E-state index in [1.54, 1.807) is 55.1 Å². The second-order valence-corrected chi connectivity index (χ2v) is 10.1. The molecule has 9 nitrogen and oxygen atoms in total. The molecule has 1 aromatic carbocycles. The third-order valence-electron chi connectivity index (χ3n) is 6.24. The fourth-order valence-corrected chi connectivity index (χ4v) is 5.20. The van der Waals surface area contributed by atoms with E-state index in [4.69, 9.17) is 4.42 Å². The fraction of sp³-hybridized carbons (Fsp3) is 0.261. The number of nitrogens with zero attached hydrogens (tertiary/aromatic N) is 4. The smallest absolute Gasteiger partial charge is 0.410 e. The molecule has 0 spiro atoms. The van der Waals surface area contributed by atoms with Gasteiger partial charge in [0, 0.05) is 13.5 Å². The molecular formula is C23H19Br2F3N6O3. The maximum Gasteiger partial charge on any atom is 0.410 e. The molecule has 0 fully saturated rings. The molecule has 3 aromatic heterocycles. The van der Waals surface area contributed by atoms with Crippen LogP contribution < -0.4 is 16.2 Å². The summed E-state index contributed by atoms with van der Waals surface area (Å²) in [5.74, 6) is -0.560. The number of benzene rings is 1. The molecule has 0 aliphatic carbocycles. The lowest BCUT2D eigenvalue weighted by Crippen LogP contribution is -2.35. The number of anilines is 2. The van der Waals surface area contributed by atoms with Gasteiger partial charge in [-0.25, -0.2) is 9.36 Å². The molecule has 4 heterocycles. The molecule has 37 heavy (non-hydrogen) atoms. The highest BCUT2D eigenvalue weighted by Gasteiger charge is 2.48. The van der Waals surface area contributed by atoms with Crippen LogP contribution in [0.2, 0.25) is 0 Å². The standard InChI is InChI=1S/C23H19Br2F3N6O3/c1-11-18(22(36)34(32(11)2)12-6-4-3-5-7-12)30-21(35)19-17(25)20-29-13(14-8-9-16(24)37-14)10-15(23(26,27)28)33(20)31-19/h3-9,13,15,29H,10H2,1-2H3,(H,30,35)/t13-,15-/m0/s1. The van der Waals surface area contributed by atoms with Crippen molar-refractivity contribution in [1.29, 1.82) is 0 Å². The zero-order valence-corrected chi connectivity index (χ0v) is 22.5. The molecule has 14 heteroatoms. The van der Waals surface area contributed by atoms with Crippen molar-refractivity contribution in [3.63, 3.8) is 0 Å². The Morgan fingerprint density at radius 3 is 2.51 bits per heavy atom. The maximum absolute atomic E-state index is 14.0. The average molecular weight is 644 g/mol. The highest BCUT2D eigenvalue weighted by atomic mass is 79.9. The minimum atomic E-state index is -4.64. The highest BCUT2D eigenvalue weighted by Crippen LogP contribution is 2.46. The van der Waals surface area contributed by atoms with Crippen LogP contribution >= 0.6 is 31.9 Å². The molecule has 2 atom stereocenters. The fourth-order valence-electron chi connectivity index (χ4n) is 4.32. The second kappa shape index (κ2) is 9.24. The summed E-state index contributed by atoms with van der Waals surface area (Å²) < 4.78 is 51.7. The molecule has 1 aliphatic rings. The Bertz CT molecular complexity index is 1550. The van der Waals surface area contributed by atoms with E-state index in [-0.39, 0.29) is 21.7 Å². The van der Waals surface area contributed by atoms with Crippen LogP contribution in [-0.4, -0.2) is 31.2 Å². The predicted molar refractivity (Wildman–Crippen MR) is 136 cm³/mol. The third-order valence-corrected chi connectivity index (χ3v) is 7.42. The van der Waals surface area contributed by atoms with Crippen molar-refractivity contribution < 1.29 is 22.4 Å². The van der Waals surface area contributed by atoms with E-state index in [0.29, 0.717) is 21.8 Å². The number of halogens is 5. The summed E-state index contributed by atoms with van der Waals surface area (Å²) in [5, 5.41) is 9.52. The Labute approximate surface area is 224 Å². The highest BCUT2D eigenvalue weighted by molar-refractivity contribution is 9.10. The van der Waals surface area contributed by atoms with Crippen LogP contribution in [0.5, 0.6) is 0 Å². The number of amides is 1. The van der Waals surface area contributed by atoms with Crippen molar-refractivity contribution in [2.45, 2.75) is 31.6 Å². The lowest BCUT2D eigenvalue weighted by molar-refractivity contribution is -0.174. The van der Waals surface area contributed by atoms with Crippen molar-refractivity contribution in [3.05, 3.63) is 79.1 Å². The van der Waals surface area contributed by atoms with Gasteiger partial charge >= 0.3 is 6.18 Å². The zero-order valence-electron chi connectivity index (χ0n) is 19.3. The second-order valence-electron chi connectivity index (χ2n) is 8.48. The number of nitrogens with one attached hydrogen (secondary N) is 2. The Morgan fingerprint density at radius 1 is 1.19 bits per heavy atom. The zero-order chi connectivity index (χ0) is 26.6. The molecule has 1 aliphatic heterocycles. The van der Waals surface area contributed by atoms with Gasteiger partial charge in [-0.1, -0.05) is 18.2 Å². The normalized spacial score (nSPS) is 17.4. The molecule has 0 radical (unpaired) electrons. The Kier molecular flexibility index (Phi) is 6.34. The molecule has 1 amide bonds. The molecule has 0 unspecified atom stereocenters. The van der Waals surface area contributed by atoms with Gasteiger partial charge in [-0.3, -0.25) is 14.3 Å². The van der Waals surface area contributed by atoms with Gasteiger partial charge in [-0.15, -0.1) is 0 Å². The average Bonchev–Trinajstić information content (AvgIpc) is 3.49. The number of hydrogen-bond donors (Lipinski definition) is 2. The van der Waals surface area contributed by atoms with E-state index < -0.39 is 36.1 Å². The number of aromatic nitrogens is 4. The van der Waals surface area contributed by atoms with Gasteiger partial charge in [0.2, 0.25) is 0 Å². The molecule has 5 rings (SSSR count). The first-order chi connectivity index (χ1) is 17.5. The van der Waals surface area contributed by atoms with Crippen molar-refractivity contribution in [3.8, 4) is 5.69 Å². The number of alkyl halides is 3. The van der Waals surface area contributed by atoms with Crippen molar-refractivity contribution in [2.24, 2.45) is 7.05 Å². The van der Waals surface area contributed by atoms with Crippen molar-refractivity contribution >= 4 is 49.3 Å². The summed E-state index contributed by atoms with van der Waals surface area (Å²) in [5.41, 5.74) is 0.247. The van der Waals surface area contributed by atoms with Gasteiger partial charge in [0.25, 0.3) is 11.5 Å². The van der Waals surface area contributed by atoms with E-state index in [0.717, 1.165) is 4.68 Å². The van der Waals surface area contributed by atoms with Crippen LogP contribution in [0.3, 0.4) is 0 Å². The van der Waals surface area contributed by atoms with Gasteiger partial charge in [-0.2, -0.15) is 18.3 Å². The first-order valence-electron chi connectivity index (χ1n) is 11.0. The molecule has 0 saturated heterocycles. The summed E-state index contributed by atoms with van der Waals surface area (Å²) in [6, 6.07) is 9.16. The number of fused-ring (bicyclic) bond motifs is 1. The van der Waals surface area contributed by atoms with Gasteiger partial charge in [0.1, 0.15) is 17.3 Å². The van der Waals surface area contributed by atoms with Crippen LogP contribution in [0.15, 0.2) is 60.8 Å². The molecule has 2 N–H and O–H groups in total. The number of hydrogen-bond acceptors (Lipinski definition) is 5. The quantitative estimate of drug-likeness (QED) is 0.297. The Balaban J connectivity index is 1.51. The maximum atomic E-state index is 14.0. The summed E-state index contributed by atoms with van der Waals surface area (Å²) in [4.78, 5) is 26.4. The number of carbonyl (C=O) groups excluding carboxylic acids is 1. The summed E-state index contributed by atoms with van der Waals surface area (Å²) in [6.45, 7) is 1.65. The van der Waals surface area contributed by atoms with E-state index in [9.17, 15) is 22.8 Å². The lowest BCUT2D eigenvalue weighted by atomic mass is 10.0. The monoisotopic (exact) mass is 642 g/mol.